The number of carboxylic acids is 1. The number of hydrogen-bond acceptors (Lipinski definition) is 4. The molecule has 1 atom stereocenters. The maximum Gasteiger partial charge on any atom is 0.326 e. The fourth-order valence-electron chi connectivity index (χ4n) is 1.54. The zero-order chi connectivity index (χ0) is 12.7. The number of methoxy groups -OCH3 is 1. The molecule has 6 heteroatoms. The van der Waals surface area contributed by atoms with Crippen molar-refractivity contribution in [2.75, 3.05) is 20.3 Å². The number of carbonyl (C=O) groups is 1. The molecule has 0 aliphatic carbocycles. The van der Waals surface area contributed by atoms with Crippen LogP contribution in [0.2, 0.25) is 0 Å². The number of rotatable bonds is 8. The molecule has 0 aliphatic rings. The first-order chi connectivity index (χ1) is 8.19. The lowest BCUT2D eigenvalue weighted by molar-refractivity contribution is -0.141. The van der Waals surface area contributed by atoms with E-state index in [4.69, 9.17) is 9.84 Å². The molecule has 96 valence electrons. The lowest BCUT2D eigenvalue weighted by Gasteiger charge is -2.10. The van der Waals surface area contributed by atoms with E-state index in [1.165, 1.54) is 0 Å². The highest BCUT2D eigenvalue weighted by Crippen LogP contribution is 2.11. The molecule has 0 spiro atoms. The van der Waals surface area contributed by atoms with Gasteiger partial charge in [0.25, 0.3) is 0 Å². The molecule has 6 nitrogen and oxygen atoms in total. The summed E-state index contributed by atoms with van der Waals surface area (Å²) in [5.41, 5.74) is 0.834. The smallest absolute Gasteiger partial charge is 0.326 e. The minimum absolute atomic E-state index is 0.532. The maximum absolute atomic E-state index is 11.0. The van der Waals surface area contributed by atoms with Gasteiger partial charge in [0.1, 0.15) is 6.04 Å². The van der Waals surface area contributed by atoms with E-state index in [1.54, 1.807) is 24.2 Å². The third-order valence-electron chi connectivity index (χ3n) is 2.48. The van der Waals surface area contributed by atoms with Gasteiger partial charge in [0.2, 0.25) is 0 Å². The summed E-state index contributed by atoms with van der Waals surface area (Å²) in [5, 5.41) is 12.2. The van der Waals surface area contributed by atoms with Crippen molar-refractivity contribution in [1.29, 1.82) is 0 Å². The topological polar surface area (TPSA) is 76.4 Å². The van der Waals surface area contributed by atoms with Crippen molar-refractivity contribution in [1.82, 2.24) is 14.9 Å². The summed E-state index contributed by atoms with van der Waals surface area (Å²) < 4.78 is 6.54. The van der Waals surface area contributed by atoms with Gasteiger partial charge >= 0.3 is 5.97 Å². The minimum Gasteiger partial charge on any atom is -0.480 e. The molecule has 2 N–H and O–H groups in total. The van der Waals surface area contributed by atoms with Gasteiger partial charge in [0.15, 0.2) is 0 Å². The van der Waals surface area contributed by atoms with E-state index in [0.717, 1.165) is 12.2 Å². The van der Waals surface area contributed by atoms with Gasteiger partial charge < -0.3 is 19.7 Å². The van der Waals surface area contributed by atoms with Gasteiger partial charge in [-0.25, -0.2) is 9.78 Å². The highest BCUT2D eigenvalue weighted by Gasteiger charge is 2.16. The molecule has 0 bridgehead atoms. The molecule has 0 fully saturated rings. The number of nitrogens with one attached hydrogen (secondary N) is 1. The molecule has 0 aromatic carbocycles. The van der Waals surface area contributed by atoms with Crippen LogP contribution in [0.5, 0.6) is 0 Å². The van der Waals surface area contributed by atoms with Crippen LogP contribution in [0.4, 0.5) is 0 Å². The Labute approximate surface area is 101 Å². The summed E-state index contributed by atoms with van der Waals surface area (Å²) in [6.45, 7) is 3.86. The zero-order valence-electron chi connectivity index (χ0n) is 10.2. The normalized spacial score (nSPS) is 12.6. The number of nitrogens with zero attached hydrogens (tertiary/aromatic N) is 2. The van der Waals surface area contributed by atoms with Crippen LogP contribution in [-0.2, 0) is 16.1 Å². The first-order valence-corrected chi connectivity index (χ1v) is 5.63. The fraction of sp³-hybridized carbons (Fsp3) is 0.636. The second-order valence-electron chi connectivity index (χ2n) is 3.74. The molecule has 17 heavy (non-hydrogen) atoms. The van der Waals surface area contributed by atoms with Gasteiger partial charge in [-0.05, 0) is 6.42 Å². The van der Waals surface area contributed by atoms with Crippen molar-refractivity contribution < 1.29 is 14.6 Å². The Hall–Kier alpha value is -1.40. The predicted octanol–water partition coefficient (Wildman–Crippen LogP) is 0.655. The molecular formula is C11H19N3O3. The first-order valence-electron chi connectivity index (χ1n) is 5.63. The van der Waals surface area contributed by atoms with Crippen molar-refractivity contribution >= 4 is 5.97 Å². The highest BCUT2D eigenvalue weighted by molar-refractivity contribution is 5.71. The summed E-state index contributed by atoms with van der Waals surface area (Å²) in [4.78, 5) is 15.1. The van der Waals surface area contributed by atoms with Crippen LogP contribution < -0.4 is 5.32 Å². The van der Waals surface area contributed by atoms with Gasteiger partial charge in [0, 0.05) is 26.4 Å². The number of hydrogen-bond donors (Lipinski definition) is 2. The number of aliphatic carboxylic acids is 1. The maximum atomic E-state index is 11.0. The lowest BCUT2D eigenvalue weighted by atomic mass is 10.2. The SMILES string of the molecule is CCC(C(=O)O)n1cnc(CNCCOC)c1. The number of ether oxygens (including phenoxy) is 1. The van der Waals surface area contributed by atoms with Gasteiger partial charge in [-0.15, -0.1) is 0 Å². The van der Waals surface area contributed by atoms with Crippen molar-refractivity contribution in [3.63, 3.8) is 0 Å². The molecule has 1 heterocycles. The number of carboxylic acid groups (broad SMARTS) is 1. The molecular weight excluding hydrogens is 222 g/mol. The lowest BCUT2D eigenvalue weighted by Crippen LogP contribution is -2.19. The molecule has 1 rings (SSSR count). The van der Waals surface area contributed by atoms with E-state index in [2.05, 4.69) is 10.3 Å². The summed E-state index contributed by atoms with van der Waals surface area (Å²) in [6.07, 6.45) is 3.87. The van der Waals surface area contributed by atoms with Gasteiger partial charge in [-0.1, -0.05) is 6.92 Å². The average Bonchev–Trinajstić information content (AvgIpc) is 2.74. The van der Waals surface area contributed by atoms with E-state index < -0.39 is 12.0 Å². The largest absolute Gasteiger partial charge is 0.480 e. The second-order valence-corrected chi connectivity index (χ2v) is 3.74. The van der Waals surface area contributed by atoms with Crippen LogP contribution in [-0.4, -0.2) is 40.9 Å². The van der Waals surface area contributed by atoms with E-state index in [1.807, 2.05) is 6.92 Å². The second kappa shape index (κ2) is 7.03. The van der Waals surface area contributed by atoms with Crippen LogP contribution in [0.1, 0.15) is 25.1 Å². The predicted molar refractivity (Wildman–Crippen MR) is 62.8 cm³/mol. The first kappa shape index (κ1) is 13.7. The molecule has 1 unspecified atom stereocenters. The average molecular weight is 241 g/mol. The molecule has 0 saturated carbocycles. The van der Waals surface area contributed by atoms with Gasteiger partial charge in [0.05, 0.1) is 18.6 Å². The summed E-state index contributed by atoms with van der Waals surface area (Å²) in [7, 11) is 1.65. The Morgan fingerprint density at radius 1 is 1.71 bits per heavy atom. The number of imidazole rings is 1. The molecule has 0 radical (unpaired) electrons. The molecule has 0 amide bonds. The fourth-order valence-corrected chi connectivity index (χ4v) is 1.54. The number of aromatic nitrogens is 2. The summed E-state index contributed by atoms with van der Waals surface area (Å²) in [5.74, 6) is -0.830. The van der Waals surface area contributed by atoms with Crippen molar-refractivity contribution in [3.8, 4) is 0 Å². The van der Waals surface area contributed by atoms with Crippen molar-refractivity contribution in [2.24, 2.45) is 0 Å². The van der Waals surface area contributed by atoms with Gasteiger partial charge in [-0.2, -0.15) is 0 Å². The third kappa shape index (κ3) is 4.16. The standard InChI is InChI=1S/C11H19N3O3/c1-3-10(11(15)16)14-7-9(13-8-14)6-12-4-5-17-2/h7-8,10,12H,3-6H2,1-2H3,(H,15,16). The van der Waals surface area contributed by atoms with Crippen molar-refractivity contribution in [3.05, 3.63) is 18.2 Å². The summed E-state index contributed by atoms with van der Waals surface area (Å²) in [6, 6.07) is -0.532. The molecule has 0 saturated heterocycles. The third-order valence-corrected chi connectivity index (χ3v) is 2.48. The quantitative estimate of drug-likeness (QED) is 0.654. The minimum atomic E-state index is -0.830. The van der Waals surface area contributed by atoms with E-state index in [9.17, 15) is 4.79 Å². The van der Waals surface area contributed by atoms with Crippen LogP contribution in [0.15, 0.2) is 12.5 Å². The molecule has 1 aromatic heterocycles. The monoisotopic (exact) mass is 241 g/mol. The Kier molecular flexibility index (Phi) is 5.65. The van der Waals surface area contributed by atoms with Crippen LogP contribution >= 0.6 is 0 Å². The van der Waals surface area contributed by atoms with Crippen LogP contribution in [0.25, 0.3) is 0 Å². The van der Waals surface area contributed by atoms with E-state index in [0.29, 0.717) is 19.6 Å². The Bertz CT molecular complexity index is 351. The molecule has 1 aromatic rings. The summed E-state index contributed by atoms with van der Waals surface area (Å²) >= 11 is 0. The highest BCUT2D eigenvalue weighted by atomic mass is 16.5. The van der Waals surface area contributed by atoms with Gasteiger partial charge in [-0.3, -0.25) is 0 Å². The zero-order valence-corrected chi connectivity index (χ0v) is 10.2. The van der Waals surface area contributed by atoms with Crippen molar-refractivity contribution in [2.45, 2.75) is 25.9 Å². The van der Waals surface area contributed by atoms with E-state index in [-0.39, 0.29) is 0 Å². The Balaban J connectivity index is 2.49. The Morgan fingerprint density at radius 3 is 3.06 bits per heavy atom. The van der Waals surface area contributed by atoms with Crippen LogP contribution in [0, 0.1) is 0 Å². The van der Waals surface area contributed by atoms with E-state index >= 15 is 0 Å². The molecule has 0 aliphatic heterocycles. The Morgan fingerprint density at radius 2 is 2.47 bits per heavy atom. The van der Waals surface area contributed by atoms with Crippen LogP contribution in [0.3, 0.4) is 0 Å².